The van der Waals surface area contributed by atoms with Crippen molar-refractivity contribution < 1.29 is 37.4 Å². The van der Waals surface area contributed by atoms with Crippen molar-refractivity contribution in [1.82, 2.24) is 14.8 Å². The topological polar surface area (TPSA) is 126 Å². The van der Waals surface area contributed by atoms with Gasteiger partial charge in [0.15, 0.2) is 0 Å². The highest BCUT2D eigenvalue weighted by atomic mass is 32.1. The predicted molar refractivity (Wildman–Crippen MR) is 144 cm³/mol. The van der Waals surface area contributed by atoms with Crippen LogP contribution in [0.25, 0.3) is 10.6 Å². The average molecular weight is 595 g/mol. The zero-order chi connectivity index (χ0) is 29.4. The van der Waals surface area contributed by atoms with E-state index in [4.69, 9.17) is 25.4 Å². The molecule has 6 rings (SSSR count). The number of piperidine rings is 1. The van der Waals surface area contributed by atoms with E-state index in [1.54, 1.807) is 16.2 Å². The molecule has 13 heteroatoms. The van der Waals surface area contributed by atoms with Crippen LogP contribution in [0.5, 0.6) is 5.75 Å². The molecule has 3 heterocycles. The molecule has 1 aromatic carbocycles. The number of hydrogen-bond donors (Lipinski definition) is 2. The summed E-state index contributed by atoms with van der Waals surface area (Å²) in [6, 6.07) is 8.95. The lowest BCUT2D eigenvalue weighted by molar-refractivity contribution is -0.192. The van der Waals surface area contributed by atoms with Gasteiger partial charge in [0.05, 0.1) is 12.2 Å². The number of thiazole rings is 1. The summed E-state index contributed by atoms with van der Waals surface area (Å²) in [5.41, 5.74) is 6.68. The second kappa shape index (κ2) is 11.6. The molecule has 4 aliphatic rings. The Labute approximate surface area is 239 Å². The van der Waals surface area contributed by atoms with Crippen LogP contribution in [-0.2, 0) is 27.3 Å². The van der Waals surface area contributed by atoms with E-state index >= 15 is 0 Å². The number of amides is 2. The van der Waals surface area contributed by atoms with Gasteiger partial charge in [-0.25, -0.2) is 9.78 Å². The van der Waals surface area contributed by atoms with Crippen LogP contribution in [0.3, 0.4) is 0 Å². The van der Waals surface area contributed by atoms with Gasteiger partial charge in [0, 0.05) is 42.3 Å². The second-order valence-corrected chi connectivity index (χ2v) is 12.2. The molecule has 2 aliphatic carbocycles. The number of alkyl halides is 3. The Morgan fingerprint density at radius 1 is 1.05 bits per heavy atom. The van der Waals surface area contributed by atoms with Crippen LogP contribution in [0.15, 0.2) is 24.3 Å². The lowest BCUT2D eigenvalue weighted by Gasteiger charge is -2.44. The molecular formula is C28H33F3N4O5S. The fraction of sp³-hybridized carbons (Fsp3) is 0.571. The first-order chi connectivity index (χ1) is 19.5. The minimum Gasteiger partial charge on any atom is -0.490 e. The van der Waals surface area contributed by atoms with Gasteiger partial charge in [0.2, 0.25) is 11.8 Å². The van der Waals surface area contributed by atoms with Gasteiger partial charge in [-0.1, -0.05) is 6.42 Å². The SMILES string of the molecule is NC(=O)C1(C(=O)N2CCc3nc(-c4ccc(OC5CC(N6CCCCC6)C5)cc4)sc3C2)CC1.O=C(O)C(F)(F)F. The van der Waals surface area contributed by atoms with Gasteiger partial charge in [-0.2, -0.15) is 13.2 Å². The number of aromatic nitrogens is 1. The Morgan fingerprint density at radius 3 is 2.24 bits per heavy atom. The lowest BCUT2D eigenvalue weighted by atomic mass is 9.86. The molecule has 2 aromatic rings. The van der Waals surface area contributed by atoms with Crippen LogP contribution >= 0.6 is 11.3 Å². The van der Waals surface area contributed by atoms with E-state index in [9.17, 15) is 22.8 Å². The molecule has 0 atom stereocenters. The number of likely N-dealkylation sites (tertiary alicyclic amines) is 1. The Balaban J connectivity index is 0.000000431. The van der Waals surface area contributed by atoms with Crippen LogP contribution < -0.4 is 10.5 Å². The number of primary amides is 1. The number of fused-ring (bicyclic) bond motifs is 1. The van der Waals surface area contributed by atoms with Gasteiger partial charge < -0.3 is 25.4 Å². The molecule has 2 saturated carbocycles. The van der Waals surface area contributed by atoms with E-state index < -0.39 is 23.5 Å². The number of carbonyl (C=O) groups is 3. The molecule has 3 N–H and O–H groups in total. The monoisotopic (exact) mass is 594 g/mol. The number of hydrogen-bond acceptors (Lipinski definition) is 7. The quantitative estimate of drug-likeness (QED) is 0.485. The summed E-state index contributed by atoms with van der Waals surface area (Å²) in [6.45, 7) is 3.61. The van der Waals surface area contributed by atoms with E-state index in [2.05, 4.69) is 17.0 Å². The average Bonchev–Trinajstić information content (AvgIpc) is 3.64. The summed E-state index contributed by atoms with van der Waals surface area (Å²) in [5, 5.41) is 8.09. The summed E-state index contributed by atoms with van der Waals surface area (Å²) in [4.78, 5) is 43.9. The Kier molecular flexibility index (Phi) is 8.29. The summed E-state index contributed by atoms with van der Waals surface area (Å²) in [5.74, 6) is -2.43. The lowest BCUT2D eigenvalue weighted by Crippen LogP contribution is -2.50. The number of rotatable bonds is 6. The highest BCUT2D eigenvalue weighted by Gasteiger charge is 2.57. The minimum absolute atomic E-state index is 0.111. The molecular weight excluding hydrogens is 561 g/mol. The second-order valence-electron chi connectivity index (χ2n) is 11.1. The minimum atomic E-state index is -5.08. The maximum Gasteiger partial charge on any atom is 0.490 e. The van der Waals surface area contributed by atoms with E-state index in [0.29, 0.717) is 44.5 Å². The number of halogens is 3. The van der Waals surface area contributed by atoms with Crippen LogP contribution in [0.4, 0.5) is 13.2 Å². The summed E-state index contributed by atoms with van der Waals surface area (Å²) < 4.78 is 38.0. The predicted octanol–water partition coefficient (Wildman–Crippen LogP) is 3.99. The third-order valence-corrected chi connectivity index (χ3v) is 9.40. The number of ether oxygens (including phenoxy) is 1. The van der Waals surface area contributed by atoms with Gasteiger partial charge in [-0.15, -0.1) is 11.3 Å². The largest absolute Gasteiger partial charge is 0.490 e. The third kappa shape index (κ3) is 6.50. The van der Waals surface area contributed by atoms with Gasteiger partial charge in [0.1, 0.15) is 22.3 Å². The number of carbonyl (C=O) groups excluding carboxylic acids is 2. The van der Waals surface area contributed by atoms with Crippen LogP contribution in [0, 0.1) is 5.41 Å². The van der Waals surface area contributed by atoms with Gasteiger partial charge in [-0.3, -0.25) is 9.59 Å². The molecule has 9 nitrogen and oxygen atoms in total. The number of nitrogens with zero attached hydrogens (tertiary/aromatic N) is 3. The number of nitrogens with two attached hydrogens (primary N) is 1. The first-order valence-electron chi connectivity index (χ1n) is 13.9. The first-order valence-corrected chi connectivity index (χ1v) is 14.7. The van der Waals surface area contributed by atoms with Gasteiger partial charge in [-0.05, 0) is 63.0 Å². The summed E-state index contributed by atoms with van der Waals surface area (Å²) >= 11 is 1.63. The van der Waals surface area contributed by atoms with Gasteiger partial charge in [0.25, 0.3) is 0 Å². The standard InChI is InChI=1S/C26H32N4O3S.C2HF3O2/c27-24(31)26(9-10-26)25(32)30-13-8-21-22(16-30)34-23(28-21)17-4-6-19(7-5-17)33-20-14-18(15-20)29-11-2-1-3-12-29;3-2(4,5)1(6)7/h4-7,18,20H,1-3,8-16H2,(H2,27,31);(H,6,7). The molecule has 0 bridgehead atoms. The molecule has 1 saturated heterocycles. The van der Waals surface area contributed by atoms with Crippen molar-refractivity contribution in [2.75, 3.05) is 19.6 Å². The Hall–Kier alpha value is -3.19. The highest BCUT2D eigenvalue weighted by Crippen LogP contribution is 2.48. The molecule has 0 radical (unpaired) electrons. The molecule has 222 valence electrons. The van der Waals surface area contributed by atoms with Crippen molar-refractivity contribution in [2.45, 2.75) is 76.2 Å². The molecule has 0 unspecified atom stereocenters. The van der Waals surface area contributed by atoms with Crippen molar-refractivity contribution in [3.05, 3.63) is 34.8 Å². The van der Waals surface area contributed by atoms with Crippen LogP contribution in [-0.4, -0.2) is 75.6 Å². The third-order valence-electron chi connectivity index (χ3n) is 8.27. The van der Waals surface area contributed by atoms with Crippen molar-refractivity contribution in [3.63, 3.8) is 0 Å². The number of carboxylic acids is 1. The molecule has 41 heavy (non-hydrogen) atoms. The first kappa shape index (κ1) is 29.3. The molecule has 3 fully saturated rings. The smallest absolute Gasteiger partial charge is 0.490 e. The van der Waals surface area contributed by atoms with Crippen molar-refractivity contribution >= 4 is 29.1 Å². The normalized spacial score (nSPS) is 23.3. The van der Waals surface area contributed by atoms with Crippen LogP contribution in [0.2, 0.25) is 0 Å². The molecule has 1 aromatic heterocycles. The van der Waals surface area contributed by atoms with E-state index in [-0.39, 0.29) is 5.91 Å². The zero-order valence-electron chi connectivity index (χ0n) is 22.5. The Morgan fingerprint density at radius 2 is 1.68 bits per heavy atom. The van der Waals surface area contributed by atoms with E-state index in [1.807, 2.05) is 12.1 Å². The summed E-state index contributed by atoms with van der Waals surface area (Å²) in [7, 11) is 0. The van der Waals surface area contributed by atoms with E-state index in [1.165, 1.54) is 32.4 Å². The number of aliphatic carboxylic acids is 1. The highest BCUT2D eigenvalue weighted by molar-refractivity contribution is 7.15. The number of benzene rings is 1. The van der Waals surface area contributed by atoms with E-state index in [0.717, 1.165) is 39.7 Å². The molecule has 0 spiro atoms. The van der Waals surface area contributed by atoms with Crippen molar-refractivity contribution in [2.24, 2.45) is 11.1 Å². The maximum absolute atomic E-state index is 12.9. The molecule has 2 aliphatic heterocycles. The maximum atomic E-state index is 12.9. The van der Waals surface area contributed by atoms with Crippen molar-refractivity contribution in [3.8, 4) is 16.3 Å². The van der Waals surface area contributed by atoms with Crippen LogP contribution in [0.1, 0.15) is 55.5 Å². The molecule has 2 amide bonds. The van der Waals surface area contributed by atoms with Crippen molar-refractivity contribution in [1.29, 1.82) is 0 Å². The Bertz CT molecular complexity index is 1280. The summed E-state index contributed by atoms with van der Waals surface area (Å²) in [6.07, 6.45) is 3.43. The fourth-order valence-corrected chi connectivity index (χ4v) is 6.70. The zero-order valence-corrected chi connectivity index (χ0v) is 23.3. The number of carboxylic acid groups (broad SMARTS) is 1. The van der Waals surface area contributed by atoms with Gasteiger partial charge >= 0.3 is 12.1 Å². The fourth-order valence-electron chi connectivity index (χ4n) is 5.57.